The van der Waals surface area contributed by atoms with Crippen molar-refractivity contribution in [3.63, 3.8) is 0 Å². The molecule has 0 atom stereocenters. The molecule has 18 heavy (non-hydrogen) atoms. The summed E-state index contributed by atoms with van der Waals surface area (Å²) in [5.74, 6) is 0. The van der Waals surface area contributed by atoms with E-state index in [2.05, 4.69) is 3.88 Å². The van der Waals surface area contributed by atoms with Gasteiger partial charge >= 0.3 is 121 Å². The third-order valence-electron chi connectivity index (χ3n) is 1.33. The number of hydrogen-bond acceptors (Lipinski definition) is 2. The molecular weight excluding hydrogens is 441 g/mol. The van der Waals surface area contributed by atoms with E-state index in [1.54, 1.807) is 0 Å². The van der Waals surface area contributed by atoms with E-state index in [0.29, 0.717) is 0 Å². The van der Waals surface area contributed by atoms with E-state index in [0.717, 1.165) is 0 Å². The van der Waals surface area contributed by atoms with Gasteiger partial charge in [-0.15, -0.1) is 0 Å². The van der Waals surface area contributed by atoms with Gasteiger partial charge in [0.2, 0.25) is 0 Å². The van der Waals surface area contributed by atoms with E-state index in [9.17, 15) is 0 Å². The van der Waals surface area contributed by atoms with Crippen LogP contribution in [0, 0.1) is 0 Å². The first-order chi connectivity index (χ1) is 7.40. The molecular formula is C12H28Cl2N3W. The number of rotatable bonds is 1. The van der Waals surface area contributed by atoms with E-state index in [1.807, 2.05) is 62.3 Å². The summed E-state index contributed by atoms with van der Waals surface area (Å²) in [5, 5.41) is 0. The van der Waals surface area contributed by atoms with Crippen LogP contribution in [0.25, 0.3) is 0 Å². The molecule has 0 heterocycles. The molecule has 0 aromatic carbocycles. The van der Waals surface area contributed by atoms with Gasteiger partial charge in [-0.3, -0.25) is 0 Å². The van der Waals surface area contributed by atoms with Crippen LogP contribution in [0.3, 0.4) is 0 Å². The van der Waals surface area contributed by atoms with Crippen LogP contribution in [-0.4, -0.2) is 16.6 Å². The first-order valence-electron chi connectivity index (χ1n) is 6.08. The van der Waals surface area contributed by atoms with Crippen LogP contribution in [0.15, 0.2) is 6.99 Å². The summed E-state index contributed by atoms with van der Waals surface area (Å²) in [6, 6.07) is 0. The Morgan fingerprint density at radius 1 is 0.722 bits per heavy atom. The molecule has 0 radical (unpaired) electrons. The zero-order valence-electron chi connectivity index (χ0n) is 13.1. The molecule has 0 rings (SSSR count). The zero-order chi connectivity index (χ0) is 15.1. The van der Waals surface area contributed by atoms with Crippen molar-refractivity contribution in [1.29, 1.82) is 0 Å². The Morgan fingerprint density at radius 3 is 1.17 bits per heavy atom. The molecule has 0 aromatic rings. The van der Waals surface area contributed by atoms with E-state index < -0.39 is 12.6 Å². The fourth-order valence-electron chi connectivity index (χ4n) is 1.50. The SMILES string of the molecule is CC(C)(C)[N]=[W]([Cl])([Cl])(=[N]C(C)(C)C)[NH]C(C)(C)C. The van der Waals surface area contributed by atoms with E-state index in [-0.39, 0.29) is 16.6 Å². The molecule has 0 fully saturated rings. The average Bonchev–Trinajstić information content (AvgIpc) is 1.62. The Balaban J connectivity index is 6.21. The number of hydrogen-bond donors (Lipinski definition) is 1. The molecule has 3 nitrogen and oxygen atoms in total. The van der Waals surface area contributed by atoms with Crippen LogP contribution >= 0.6 is 18.8 Å². The summed E-state index contributed by atoms with van der Waals surface area (Å²) < 4.78 is 12.7. The molecule has 0 aliphatic carbocycles. The standard InChI is InChI=1S/C4H10N.2C4H9N.2ClH.W/c3*1-4(2,3)5;;;/h5H,1-3H3;2*1-3H3;2*1H;/q-1;;;;;+3/p-2. The van der Waals surface area contributed by atoms with Crippen molar-refractivity contribution in [2.24, 2.45) is 6.99 Å². The normalized spacial score (nSPS) is 16.9. The average molecular weight is 469 g/mol. The van der Waals surface area contributed by atoms with Crippen molar-refractivity contribution in [2.75, 3.05) is 0 Å². The molecule has 0 aromatic heterocycles. The molecule has 0 spiro atoms. The van der Waals surface area contributed by atoms with Crippen molar-refractivity contribution < 1.29 is 12.6 Å². The maximum absolute atomic E-state index is 6.78. The summed E-state index contributed by atoms with van der Waals surface area (Å²) in [4.78, 5) is 0. The van der Waals surface area contributed by atoms with Gasteiger partial charge in [0.25, 0.3) is 0 Å². The monoisotopic (exact) mass is 468 g/mol. The minimum absolute atomic E-state index is 0.225. The van der Waals surface area contributed by atoms with E-state index >= 15 is 0 Å². The van der Waals surface area contributed by atoms with Crippen molar-refractivity contribution >= 4 is 18.8 Å². The second-order valence-corrected chi connectivity index (χ2v) is 25.9. The molecule has 0 saturated heterocycles. The quantitative estimate of drug-likeness (QED) is 0.560. The first-order valence-corrected chi connectivity index (χ1v) is 17.4. The Bertz CT molecular complexity index is 413. The molecule has 6 heteroatoms. The van der Waals surface area contributed by atoms with Crippen LogP contribution in [0.5, 0.6) is 0 Å². The maximum atomic E-state index is 6.78. The van der Waals surface area contributed by atoms with Gasteiger partial charge in [-0.1, -0.05) is 0 Å². The van der Waals surface area contributed by atoms with Crippen LogP contribution in [0.4, 0.5) is 0 Å². The van der Waals surface area contributed by atoms with Gasteiger partial charge in [0, 0.05) is 0 Å². The van der Waals surface area contributed by atoms with Crippen molar-refractivity contribution in [3.8, 4) is 0 Å². The van der Waals surface area contributed by atoms with Crippen LogP contribution in [-0.2, 0) is 12.6 Å². The van der Waals surface area contributed by atoms with Gasteiger partial charge in [-0.2, -0.15) is 0 Å². The number of nitrogens with one attached hydrogen (secondary N) is 1. The molecule has 0 saturated carbocycles. The van der Waals surface area contributed by atoms with Crippen LogP contribution < -0.4 is 3.88 Å². The molecule has 1 N–H and O–H groups in total. The first kappa shape index (κ1) is 18.8. The fourth-order valence-corrected chi connectivity index (χ4v) is 22.9. The summed E-state index contributed by atoms with van der Waals surface area (Å²) in [6.07, 6.45) is 0. The molecule has 0 bridgehead atoms. The molecule has 111 valence electrons. The Kier molecular flexibility index (Phi) is 5.21. The Labute approximate surface area is 121 Å². The van der Waals surface area contributed by atoms with Gasteiger partial charge in [0.15, 0.2) is 0 Å². The second-order valence-electron chi connectivity index (χ2n) is 7.63. The van der Waals surface area contributed by atoms with Gasteiger partial charge in [0.05, 0.1) is 0 Å². The predicted molar refractivity (Wildman–Crippen MR) is 79.0 cm³/mol. The van der Waals surface area contributed by atoms with Gasteiger partial charge in [-0.05, 0) is 0 Å². The van der Waals surface area contributed by atoms with Gasteiger partial charge in [0.1, 0.15) is 0 Å². The topological polar surface area (TPSA) is 36.8 Å². The Morgan fingerprint density at radius 2 is 1.00 bits per heavy atom. The minimum atomic E-state index is -4.67. The van der Waals surface area contributed by atoms with Crippen molar-refractivity contribution in [3.05, 3.63) is 0 Å². The van der Waals surface area contributed by atoms with Crippen molar-refractivity contribution in [1.82, 2.24) is 3.88 Å². The summed E-state index contributed by atoms with van der Waals surface area (Å²) in [7, 11) is 13.6. The van der Waals surface area contributed by atoms with Crippen molar-refractivity contribution in [2.45, 2.75) is 78.9 Å². The number of halogens is 2. The molecule has 0 aliphatic heterocycles. The summed E-state index contributed by atoms with van der Waals surface area (Å²) in [6.45, 7) is 18.0. The van der Waals surface area contributed by atoms with Gasteiger partial charge in [-0.25, -0.2) is 0 Å². The van der Waals surface area contributed by atoms with E-state index in [4.69, 9.17) is 25.8 Å². The van der Waals surface area contributed by atoms with Crippen LogP contribution in [0.2, 0.25) is 0 Å². The second kappa shape index (κ2) is 4.98. The third-order valence-corrected chi connectivity index (χ3v) is 14.4. The predicted octanol–water partition coefficient (Wildman–Crippen LogP) is 5.25. The Hall–Kier alpha value is 0.828. The zero-order valence-corrected chi connectivity index (χ0v) is 17.5. The summed E-state index contributed by atoms with van der Waals surface area (Å²) in [5.41, 5.74) is -0.861. The molecule has 0 amide bonds. The number of nitrogens with zero attached hydrogens (tertiary/aromatic N) is 2. The third kappa shape index (κ3) is 8.85. The molecule has 0 unspecified atom stereocenters. The van der Waals surface area contributed by atoms with Gasteiger partial charge < -0.3 is 0 Å². The summed E-state index contributed by atoms with van der Waals surface area (Å²) >= 11 is -4.67. The molecule has 0 aliphatic rings. The van der Waals surface area contributed by atoms with Crippen LogP contribution in [0.1, 0.15) is 62.3 Å². The fraction of sp³-hybridized carbons (Fsp3) is 1.00. The van der Waals surface area contributed by atoms with E-state index in [1.165, 1.54) is 0 Å².